The Balaban J connectivity index is 2.04. The summed E-state index contributed by atoms with van der Waals surface area (Å²) in [4.78, 5) is 2.83. The summed E-state index contributed by atoms with van der Waals surface area (Å²) < 4.78 is 0. The highest BCUT2D eigenvalue weighted by Crippen LogP contribution is 2.30. The molecule has 112 valence electrons. The lowest BCUT2D eigenvalue weighted by atomic mass is 9.85. The van der Waals surface area contributed by atoms with E-state index in [0.29, 0.717) is 11.5 Å². The molecule has 0 bridgehead atoms. The lowest BCUT2D eigenvalue weighted by Gasteiger charge is -2.39. The maximum Gasteiger partial charge on any atom is 0.0243 e. The van der Waals surface area contributed by atoms with Crippen molar-refractivity contribution in [2.45, 2.75) is 78.3 Å². The minimum atomic E-state index is 0.372. The topological polar surface area (TPSA) is 15.3 Å². The second-order valence-electron chi connectivity index (χ2n) is 7.90. The van der Waals surface area contributed by atoms with Gasteiger partial charge in [-0.3, -0.25) is 4.90 Å². The van der Waals surface area contributed by atoms with Gasteiger partial charge >= 0.3 is 0 Å². The highest BCUT2D eigenvalue weighted by Gasteiger charge is 2.33. The molecule has 1 N–H and O–H groups in total. The first kappa shape index (κ1) is 15.3. The van der Waals surface area contributed by atoms with Gasteiger partial charge in [0.2, 0.25) is 0 Å². The molecule has 0 aromatic rings. The molecule has 1 saturated carbocycles. The molecule has 2 aliphatic rings. The number of rotatable bonds is 1. The monoisotopic (exact) mass is 266 g/mol. The number of nitrogens with zero attached hydrogens (tertiary/aromatic N) is 1. The molecule has 19 heavy (non-hydrogen) atoms. The molecule has 1 aliphatic heterocycles. The van der Waals surface area contributed by atoms with Gasteiger partial charge in [-0.2, -0.15) is 0 Å². The molecule has 1 aliphatic carbocycles. The van der Waals surface area contributed by atoms with Crippen LogP contribution in [-0.4, -0.2) is 36.6 Å². The minimum Gasteiger partial charge on any atom is -0.312 e. The first-order valence-corrected chi connectivity index (χ1v) is 8.46. The lowest BCUT2D eigenvalue weighted by molar-refractivity contribution is 0.115. The number of hydrogen-bond donors (Lipinski definition) is 1. The molecule has 2 rings (SSSR count). The largest absolute Gasteiger partial charge is 0.312 e. The lowest BCUT2D eigenvalue weighted by Crippen LogP contribution is -2.49. The SMILES string of the molecule is CC1CCCCCC1N1CCCNC(C(C)(C)C)C1. The van der Waals surface area contributed by atoms with E-state index in [-0.39, 0.29) is 0 Å². The molecule has 0 amide bonds. The van der Waals surface area contributed by atoms with E-state index in [0.717, 1.165) is 12.0 Å². The van der Waals surface area contributed by atoms with Gasteiger partial charge in [-0.15, -0.1) is 0 Å². The molecule has 0 spiro atoms. The number of nitrogens with one attached hydrogen (secondary N) is 1. The summed E-state index contributed by atoms with van der Waals surface area (Å²) in [5, 5.41) is 3.78. The third kappa shape index (κ3) is 4.19. The molecular weight excluding hydrogens is 232 g/mol. The molecule has 0 aromatic carbocycles. The average molecular weight is 266 g/mol. The van der Waals surface area contributed by atoms with Crippen LogP contribution in [0.1, 0.15) is 66.2 Å². The summed E-state index contributed by atoms with van der Waals surface area (Å²) in [6.45, 7) is 13.4. The van der Waals surface area contributed by atoms with Gasteiger partial charge in [0.1, 0.15) is 0 Å². The van der Waals surface area contributed by atoms with Crippen molar-refractivity contribution in [3.8, 4) is 0 Å². The molecule has 0 aromatic heterocycles. The van der Waals surface area contributed by atoms with Crippen molar-refractivity contribution in [1.82, 2.24) is 10.2 Å². The fourth-order valence-corrected chi connectivity index (χ4v) is 3.85. The third-order valence-electron chi connectivity index (χ3n) is 5.26. The minimum absolute atomic E-state index is 0.372. The van der Waals surface area contributed by atoms with E-state index in [4.69, 9.17) is 0 Å². The Bertz CT molecular complexity index is 269. The van der Waals surface area contributed by atoms with Crippen LogP contribution in [-0.2, 0) is 0 Å². The van der Waals surface area contributed by atoms with Crippen LogP contribution in [0.2, 0.25) is 0 Å². The van der Waals surface area contributed by atoms with Crippen LogP contribution in [0.25, 0.3) is 0 Å². The van der Waals surface area contributed by atoms with E-state index >= 15 is 0 Å². The highest BCUT2D eigenvalue weighted by molar-refractivity contribution is 4.90. The van der Waals surface area contributed by atoms with Crippen molar-refractivity contribution in [2.75, 3.05) is 19.6 Å². The summed E-state index contributed by atoms with van der Waals surface area (Å²) in [6.07, 6.45) is 8.53. The molecule has 1 saturated heterocycles. The zero-order valence-corrected chi connectivity index (χ0v) is 13.5. The van der Waals surface area contributed by atoms with E-state index in [1.54, 1.807) is 0 Å². The highest BCUT2D eigenvalue weighted by atomic mass is 15.2. The van der Waals surface area contributed by atoms with Crippen LogP contribution < -0.4 is 5.32 Å². The zero-order valence-electron chi connectivity index (χ0n) is 13.5. The molecular formula is C17H34N2. The van der Waals surface area contributed by atoms with Crippen molar-refractivity contribution in [3.63, 3.8) is 0 Å². The average Bonchev–Trinajstić information content (AvgIpc) is 2.68. The summed E-state index contributed by atoms with van der Waals surface area (Å²) in [5.74, 6) is 0.890. The Morgan fingerprint density at radius 1 is 1.00 bits per heavy atom. The number of hydrogen-bond acceptors (Lipinski definition) is 2. The predicted octanol–water partition coefficient (Wildman–Crippen LogP) is 3.67. The maximum atomic E-state index is 3.78. The standard InChI is InChI=1S/C17H34N2/c1-14-9-6-5-7-10-15(14)19-12-8-11-18-16(13-19)17(2,3)4/h14-16,18H,5-13H2,1-4H3. The summed E-state index contributed by atoms with van der Waals surface area (Å²) in [7, 11) is 0. The van der Waals surface area contributed by atoms with E-state index in [1.807, 2.05) is 0 Å². The van der Waals surface area contributed by atoms with E-state index in [2.05, 4.69) is 37.9 Å². The van der Waals surface area contributed by atoms with Gasteiger partial charge in [0, 0.05) is 18.6 Å². The molecule has 2 nitrogen and oxygen atoms in total. The molecule has 2 fully saturated rings. The van der Waals surface area contributed by atoms with Crippen LogP contribution in [0.3, 0.4) is 0 Å². The van der Waals surface area contributed by atoms with Crippen molar-refractivity contribution < 1.29 is 0 Å². The van der Waals surface area contributed by atoms with E-state index in [1.165, 1.54) is 58.2 Å². The molecule has 3 unspecified atom stereocenters. The Hall–Kier alpha value is -0.0800. The third-order valence-corrected chi connectivity index (χ3v) is 5.26. The van der Waals surface area contributed by atoms with Gasteiger partial charge in [-0.1, -0.05) is 47.0 Å². The van der Waals surface area contributed by atoms with Gasteiger partial charge in [0.05, 0.1) is 0 Å². The summed E-state index contributed by atoms with van der Waals surface area (Å²) in [6, 6.07) is 1.48. The first-order valence-electron chi connectivity index (χ1n) is 8.46. The molecule has 3 atom stereocenters. The van der Waals surface area contributed by atoms with Crippen molar-refractivity contribution in [3.05, 3.63) is 0 Å². The fourth-order valence-electron chi connectivity index (χ4n) is 3.85. The fraction of sp³-hybridized carbons (Fsp3) is 1.00. The predicted molar refractivity (Wildman–Crippen MR) is 83.5 cm³/mol. The zero-order chi connectivity index (χ0) is 13.9. The van der Waals surface area contributed by atoms with Crippen molar-refractivity contribution >= 4 is 0 Å². The van der Waals surface area contributed by atoms with Crippen molar-refractivity contribution in [1.29, 1.82) is 0 Å². The first-order chi connectivity index (χ1) is 8.98. The second kappa shape index (κ2) is 6.58. The van der Waals surface area contributed by atoms with Crippen LogP contribution in [0.4, 0.5) is 0 Å². The maximum absolute atomic E-state index is 3.78. The van der Waals surface area contributed by atoms with Gasteiger partial charge in [-0.05, 0) is 43.7 Å². The van der Waals surface area contributed by atoms with Crippen LogP contribution in [0.15, 0.2) is 0 Å². The molecule has 2 heteroatoms. The van der Waals surface area contributed by atoms with Crippen LogP contribution >= 0.6 is 0 Å². The van der Waals surface area contributed by atoms with Crippen LogP contribution in [0, 0.1) is 11.3 Å². The van der Waals surface area contributed by atoms with Gasteiger partial charge in [0.15, 0.2) is 0 Å². The van der Waals surface area contributed by atoms with Crippen LogP contribution in [0.5, 0.6) is 0 Å². The normalized spacial score (nSPS) is 35.7. The van der Waals surface area contributed by atoms with Gasteiger partial charge in [0.25, 0.3) is 0 Å². The Kier molecular flexibility index (Phi) is 5.30. The van der Waals surface area contributed by atoms with E-state index in [9.17, 15) is 0 Å². The molecule has 0 radical (unpaired) electrons. The Morgan fingerprint density at radius 2 is 1.74 bits per heavy atom. The Morgan fingerprint density at radius 3 is 2.47 bits per heavy atom. The summed E-state index contributed by atoms with van der Waals surface area (Å²) >= 11 is 0. The van der Waals surface area contributed by atoms with Gasteiger partial charge in [-0.25, -0.2) is 0 Å². The quantitative estimate of drug-likeness (QED) is 0.729. The Labute approximate surface area is 120 Å². The second-order valence-corrected chi connectivity index (χ2v) is 7.90. The smallest absolute Gasteiger partial charge is 0.0243 e. The van der Waals surface area contributed by atoms with Crippen molar-refractivity contribution in [2.24, 2.45) is 11.3 Å². The summed E-state index contributed by atoms with van der Waals surface area (Å²) in [5.41, 5.74) is 0.372. The van der Waals surface area contributed by atoms with E-state index < -0.39 is 0 Å². The van der Waals surface area contributed by atoms with Gasteiger partial charge < -0.3 is 5.32 Å². The molecule has 1 heterocycles.